The van der Waals surface area contributed by atoms with Gasteiger partial charge in [0, 0.05) is 0 Å². The first-order chi connectivity index (χ1) is 9.09. The van der Waals surface area contributed by atoms with Crippen molar-refractivity contribution in [2.24, 2.45) is 0 Å². The predicted octanol–water partition coefficient (Wildman–Crippen LogP) is 2.74. The Balaban J connectivity index is 3.10. The molecule has 0 saturated carbocycles. The molecule has 0 bridgehead atoms. The van der Waals surface area contributed by atoms with E-state index >= 15 is 0 Å². The van der Waals surface area contributed by atoms with Gasteiger partial charge in [0.15, 0.2) is 0 Å². The first kappa shape index (κ1) is 16.8. The zero-order valence-corrected chi connectivity index (χ0v) is 11.8. The lowest BCUT2D eigenvalue weighted by atomic mass is 10.1. The molecule has 0 saturated heterocycles. The van der Waals surface area contributed by atoms with Gasteiger partial charge in [-0.15, -0.1) is 0 Å². The van der Waals surface area contributed by atoms with E-state index in [0.29, 0.717) is 0 Å². The lowest BCUT2D eigenvalue weighted by Gasteiger charge is -2.10. The Morgan fingerprint density at radius 3 is 2.40 bits per heavy atom. The van der Waals surface area contributed by atoms with Crippen molar-refractivity contribution in [2.45, 2.75) is 23.7 Å². The number of carbonyl (C=O) groups is 1. The van der Waals surface area contributed by atoms with Crippen LogP contribution in [0.2, 0.25) is 5.02 Å². The van der Waals surface area contributed by atoms with Crippen LogP contribution in [0.3, 0.4) is 0 Å². The largest absolute Gasteiger partial charge is 0.501 e. The average molecular weight is 331 g/mol. The minimum Gasteiger partial charge on any atom is -0.466 e. The minimum absolute atomic E-state index is 0.160. The molecular weight excluding hydrogens is 321 g/mol. The summed E-state index contributed by atoms with van der Waals surface area (Å²) < 4.78 is 64.2. The van der Waals surface area contributed by atoms with Crippen molar-refractivity contribution in [3.8, 4) is 0 Å². The van der Waals surface area contributed by atoms with Crippen LogP contribution in [0.15, 0.2) is 23.1 Å². The normalized spacial score (nSPS) is 12.2. The van der Waals surface area contributed by atoms with Gasteiger partial charge in [-0.25, -0.2) is 8.42 Å². The highest BCUT2D eigenvalue weighted by atomic mass is 35.5. The molecule has 0 heterocycles. The summed E-state index contributed by atoms with van der Waals surface area (Å²) in [5, 5.41) is -0.593. The molecule has 1 rings (SSSR count). The van der Waals surface area contributed by atoms with Gasteiger partial charge in [-0.3, -0.25) is 4.79 Å². The molecule has 1 aromatic rings. The number of halogens is 4. The molecule has 0 amide bonds. The summed E-state index contributed by atoms with van der Waals surface area (Å²) in [5.41, 5.74) is -5.17. The van der Waals surface area contributed by atoms with E-state index in [9.17, 15) is 26.4 Å². The molecule has 20 heavy (non-hydrogen) atoms. The van der Waals surface area contributed by atoms with Crippen LogP contribution in [0.5, 0.6) is 0 Å². The maximum Gasteiger partial charge on any atom is 0.501 e. The fourth-order valence-corrected chi connectivity index (χ4v) is 2.70. The summed E-state index contributed by atoms with van der Waals surface area (Å²) in [5.74, 6) is -0.588. The van der Waals surface area contributed by atoms with E-state index in [4.69, 9.17) is 11.6 Å². The van der Waals surface area contributed by atoms with Gasteiger partial charge in [0.2, 0.25) is 0 Å². The first-order valence-electron chi connectivity index (χ1n) is 5.35. The third-order valence-electron chi connectivity index (χ3n) is 2.24. The molecule has 0 aliphatic carbocycles. The zero-order valence-electron chi connectivity index (χ0n) is 10.2. The topological polar surface area (TPSA) is 60.4 Å². The molecule has 0 spiro atoms. The lowest BCUT2D eigenvalue weighted by Crippen LogP contribution is -2.23. The molecule has 0 fully saturated rings. The number of ether oxygens (including phenoxy) is 1. The molecule has 1 aromatic carbocycles. The molecule has 0 N–H and O–H groups in total. The van der Waals surface area contributed by atoms with Gasteiger partial charge >= 0.3 is 11.5 Å². The van der Waals surface area contributed by atoms with Crippen LogP contribution < -0.4 is 0 Å². The van der Waals surface area contributed by atoms with Crippen LogP contribution in [0.1, 0.15) is 12.5 Å². The van der Waals surface area contributed by atoms with Crippen molar-refractivity contribution in [2.75, 3.05) is 6.61 Å². The van der Waals surface area contributed by atoms with Crippen molar-refractivity contribution in [1.29, 1.82) is 0 Å². The van der Waals surface area contributed by atoms with E-state index < -0.39 is 31.2 Å². The second kappa shape index (κ2) is 6.01. The van der Waals surface area contributed by atoms with Crippen LogP contribution in [0.4, 0.5) is 13.2 Å². The van der Waals surface area contributed by atoms with Gasteiger partial charge in [-0.1, -0.05) is 17.7 Å². The Kier molecular flexibility index (Phi) is 5.04. The summed E-state index contributed by atoms with van der Waals surface area (Å²) >= 11 is 5.55. The molecule has 0 atom stereocenters. The van der Waals surface area contributed by atoms with E-state index in [-0.39, 0.29) is 18.6 Å². The Morgan fingerprint density at radius 2 is 1.95 bits per heavy atom. The monoisotopic (exact) mass is 330 g/mol. The molecule has 0 aromatic heterocycles. The number of sulfone groups is 1. The number of hydrogen-bond acceptors (Lipinski definition) is 4. The van der Waals surface area contributed by atoms with E-state index in [0.717, 1.165) is 18.2 Å². The number of hydrogen-bond donors (Lipinski definition) is 0. The van der Waals surface area contributed by atoms with Gasteiger partial charge in [-0.2, -0.15) is 13.2 Å². The Morgan fingerprint density at radius 1 is 1.35 bits per heavy atom. The quantitative estimate of drug-likeness (QED) is 0.796. The third-order valence-corrected chi connectivity index (χ3v) is 4.21. The summed E-state index contributed by atoms with van der Waals surface area (Å²) in [7, 11) is -5.51. The predicted molar refractivity (Wildman–Crippen MR) is 65.0 cm³/mol. The maximum atomic E-state index is 12.4. The van der Waals surface area contributed by atoms with Gasteiger partial charge in [-0.05, 0) is 24.6 Å². The Hall–Kier alpha value is -1.28. The van der Waals surface area contributed by atoms with Crippen molar-refractivity contribution >= 4 is 27.4 Å². The van der Waals surface area contributed by atoms with Crippen LogP contribution >= 0.6 is 11.6 Å². The van der Waals surface area contributed by atoms with Gasteiger partial charge in [0.25, 0.3) is 9.84 Å². The van der Waals surface area contributed by atoms with Crippen LogP contribution in [-0.2, 0) is 25.8 Å². The molecule has 0 unspecified atom stereocenters. The van der Waals surface area contributed by atoms with E-state index in [1.807, 2.05) is 0 Å². The van der Waals surface area contributed by atoms with Crippen molar-refractivity contribution in [3.63, 3.8) is 0 Å². The number of benzene rings is 1. The van der Waals surface area contributed by atoms with Crippen LogP contribution in [-0.4, -0.2) is 26.5 Å². The second-order valence-corrected chi connectivity index (χ2v) is 6.01. The van der Waals surface area contributed by atoms with Crippen molar-refractivity contribution < 1.29 is 31.1 Å². The van der Waals surface area contributed by atoms with E-state index in [2.05, 4.69) is 4.74 Å². The highest BCUT2D eigenvalue weighted by Gasteiger charge is 2.47. The van der Waals surface area contributed by atoms with Crippen LogP contribution in [0, 0.1) is 0 Å². The SMILES string of the molecule is CCOC(=O)Cc1ccc(S(=O)(=O)C(F)(F)F)c(Cl)c1. The highest BCUT2D eigenvalue weighted by molar-refractivity contribution is 7.92. The summed E-state index contributed by atoms with van der Waals surface area (Å²) in [6.45, 7) is 1.76. The number of rotatable bonds is 4. The summed E-state index contributed by atoms with van der Waals surface area (Å²) in [4.78, 5) is 10.2. The molecule has 112 valence electrons. The second-order valence-electron chi connectivity index (χ2n) is 3.70. The molecule has 9 heteroatoms. The molecular formula is C11H10ClF3O4S. The van der Waals surface area contributed by atoms with E-state index in [1.54, 1.807) is 6.92 Å². The molecule has 0 radical (unpaired) electrons. The molecule has 0 aliphatic rings. The fourth-order valence-electron chi connectivity index (χ4n) is 1.38. The fraction of sp³-hybridized carbons (Fsp3) is 0.364. The zero-order chi connectivity index (χ0) is 15.6. The number of alkyl halides is 3. The third kappa shape index (κ3) is 3.63. The smallest absolute Gasteiger partial charge is 0.466 e. The number of esters is 1. The molecule has 0 aliphatic heterocycles. The number of carbonyl (C=O) groups excluding carboxylic acids is 1. The highest BCUT2D eigenvalue weighted by Crippen LogP contribution is 2.34. The Bertz CT molecular complexity index is 611. The van der Waals surface area contributed by atoms with Crippen molar-refractivity contribution in [3.05, 3.63) is 28.8 Å². The van der Waals surface area contributed by atoms with Crippen LogP contribution in [0.25, 0.3) is 0 Å². The average Bonchev–Trinajstić information content (AvgIpc) is 2.27. The Labute approximate surface area is 118 Å². The summed E-state index contributed by atoms with van der Waals surface area (Å²) in [6.07, 6.45) is -0.208. The lowest BCUT2D eigenvalue weighted by molar-refractivity contribution is -0.142. The van der Waals surface area contributed by atoms with Crippen molar-refractivity contribution in [1.82, 2.24) is 0 Å². The standard InChI is InChI=1S/C11H10ClF3O4S/c1-2-19-10(16)6-7-3-4-9(8(12)5-7)20(17,18)11(13,14)15/h3-5H,2,6H2,1H3. The van der Waals surface area contributed by atoms with E-state index in [1.165, 1.54) is 0 Å². The van der Waals surface area contributed by atoms with Gasteiger partial charge in [0.05, 0.1) is 22.9 Å². The van der Waals surface area contributed by atoms with Gasteiger partial charge in [0.1, 0.15) is 0 Å². The maximum absolute atomic E-state index is 12.4. The minimum atomic E-state index is -5.51. The summed E-state index contributed by atoms with van der Waals surface area (Å²) in [6, 6.07) is 2.80. The first-order valence-corrected chi connectivity index (χ1v) is 7.21. The van der Waals surface area contributed by atoms with Gasteiger partial charge < -0.3 is 4.74 Å². The molecule has 4 nitrogen and oxygen atoms in total.